The number of rotatable bonds is 12. The van der Waals surface area contributed by atoms with Gasteiger partial charge in [-0.25, -0.2) is 37.7 Å². The van der Waals surface area contributed by atoms with E-state index in [2.05, 4.69) is 54.2 Å². The number of halogens is 3. The predicted octanol–water partition coefficient (Wildman–Crippen LogP) is 6.58. The lowest BCUT2D eigenvalue weighted by Crippen LogP contribution is -2.46. The lowest BCUT2D eigenvalue weighted by Gasteiger charge is -2.36. The number of anilines is 2. The van der Waals surface area contributed by atoms with Gasteiger partial charge in [-0.15, -0.1) is 12.4 Å². The fraction of sp³-hybridized carbons (Fsp3) is 0.308. The monoisotopic (exact) mass is 1010 g/mol. The van der Waals surface area contributed by atoms with E-state index in [-0.39, 0.29) is 46.4 Å². The van der Waals surface area contributed by atoms with Gasteiger partial charge in [0.2, 0.25) is 10.9 Å². The maximum Gasteiger partial charge on any atom is 0.341 e. The van der Waals surface area contributed by atoms with E-state index in [0.29, 0.717) is 48.6 Å². The summed E-state index contributed by atoms with van der Waals surface area (Å²) >= 11 is 0. The van der Waals surface area contributed by atoms with Crippen LogP contribution in [0.15, 0.2) is 120 Å². The van der Waals surface area contributed by atoms with E-state index in [1.54, 1.807) is 34.2 Å². The van der Waals surface area contributed by atoms with Gasteiger partial charge in [0.25, 0.3) is 0 Å². The number of carbonyl (C=O) groups is 2. The highest BCUT2D eigenvalue weighted by molar-refractivity contribution is 5.94. The van der Waals surface area contributed by atoms with E-state index in [0.717, 1.165) is 76.3 Å². The molecule has 2 aliphatic carbocycles. The Kier molecular flexibility index (Phi) is 13.6. The Morgan fingerprint density at radius 2 is 0.918 bits per heavy atom. The number of carboxylic acid groups (broad SMARTS) is 2. The SMILES string of the molecule is Cl.O=C(O)c1cn(C2CC2)c2cc(N3CCN(Cc4ccc(-n5cncn5)cc4)CC3)c(F)cc2c1=O.O=C(O)c1cn(C2CC2)c2cc(N3CCN(Cc4ccc(-n5cncn5)cc4)CC3)c(F)cc2c1=O. The molecule has 4 fully saturated rings. The van der Waals surface area contributed by atoms with Crippen molar-refractivity contribution in [3.05, 3.63) is 165 Å². The molecule has 0 atom stereocenters. The molecular formula is C52H51ClF2N12O6. The van der Waals surface area contributed by atoms with Gasteiger partial charge in [-0.3, -0.25) is 19.4 Å². The Morgan fingerprint density at radius 1 is 0.548 bits per heavy atom. The molecule has 8 aromatic rings. The highest BCUT2D eigenvalue weighted by Gasteiger charge is 2.31. The summed E-state index contributed by atoms with van der Waals surface area (Å²) in [6.45, 7) is 7.30. The number of hydrogen-bond acceptors (Lipinski definition) is 12. The quantitative estimate of drug-likeness (QED) is 0.133. The summed E-state index contributed by atoms with van der Waals surface area (Å²) in [5, 5.41) is 27.4. The fourth-order valence-electron chi connectivity index (χ4n) is 9.82. The molecule has 18 nitrogen and oxygen atoms in total. The van der Waals surface area contributed by atoms with Gasteiger partial charge in [0, 0.05) is 101 Å². The van der Waals surface area contributed by atoms with E-state index in [1.165, 1.54) is 48.3 Å². The summed E-state index contributed by atoms with van der Waals surface area (Å²) in [5.74, 6) is -3.57. The Morgan fingerprint density at radius 3 is 1.23 bits per heavy atom. The van der Waals surface area contributed by atoms with Gasteiger partial charge in [0.1, 0.15) is 48.1 Å². The highest BCUT2D eigenvalue weighted by Crippen LogP contribution is 2.40. The van der Waals surface area contributed by atoms with E-state index >= 15 is 8.78 Å². The third kappa shape index (κ3) is 10.2. The normalized spacial score (nSPS) is 16.3. The van der Waals surface area contributed by atoms with Crippen LogP contribution in [0.25, 0.3) is 33.2 Å². The van der Waals surface area contributed by atoms with Crippen molar-refractivity contribution in [3.8, 4) is 11.4 Å². The van der Waals surface area contributed by atoms with Crippen molar-refractivity contribution in [2.45, 2.75) is 50.9 Å². The predicted molar refractivity (Wildman–Crippen MR) is 272 cm³/mol. The number of piperazine rings is 2. The highest BCUT2D eigenvalue weighted by atomic mass is 35.5. The first-order valence-corrected chi connectivity index (χ1v) is 24.0. The van der Waals surface area contributed by atoms with Crippen LogP contribution in [-0.2, 0) is 13.1 Å². The molecule has 2 saturated carbocycles. The summed E-state index contributed by atoms with van der Waals surface area (Å²) in [6.07, 6.45) is 12.8. The molecule has 0 bridgehead atoms. The molecule has 2 aliphatic heterocycles. The standard InChI is InChI=1S/2C26H25FN6O3.ClH/c2*27-22-11-20-23(32(18-5-6-18)14-21(25(20)34)26(35)36)12-24(22)31-9-7-30(8-10-31)13-17-1-3-19(4-2-17)33-16-28-15-29-33;/h2*1-4,11-12,14-16,18H,5-10,13H2,(H,35,36);1H. The second-order valence-electron chi connectivity index (χ2n) is 18.8. The zero-order valence-electron chi connectivity index (χ0n) is 39.5. The van der Waals surface area contributed by atoms with Gasteiger partial charge in [0.05, 0.1) is 33.8 Å². The lowest BCUT2D eigenvalue weighted by atomic mass is 10.1. The van der Waals surface area contributed by atoms with Crippen molar-refractivity contribution < 1.29 is 28.6 Å². The first-order valence-electron chi connectivity index (χ1n) is 24.0. The van der Waals surface area contributed by atoms with Crippen LogP contribution in [0.1, 0.15) is 69.6 Å². The Balaban J connectivity index is 0.000000165. The molecule has 0 amide bonds. The van der Waals surface area contributed by atoms with Gasteiger partial charge in [-0.2, -0.15) is 10.2 Å². The van der Waals surface area contributed by atoms with E-state index in [9.17, 15) is 29.4 Å². The Bertz CT molecular complexity index is 3210. The van der Waals surface area contributed by atoms with Crippen LogP contribution in [0.2, 0.25) is 0 Å². The molecular weight excluding hydrogens is 962 g/mol. The molecule has 376 valence electrons. The van der Waals surface area contributed by atoms with Gasteiger partial charge < -0.3 is 29.1 Å². The van der Waals surface area contributed by atoms with Crippen LogP contribution < -0.4 is 20.7 Å². The van der Waals surface area contributed by atoms with Crippen molar-refractivity contribution in [1.29, 1.82) is 0 Å². The van der Waals surface area contributed by atoms with Crippen molar-refractivity contribution in [2.24, 2.45) is 0 Å². The smallest absolute Gasteiger partial charge is 0.341 e. The topological polar surface area (TPSA) is 193 Å². The summed E-state index contributed by atoms with van der Waals surface area (Å²) in [6, 6.07) is 22.5. The van der Waals surface area contributed by atoms with Crippen molar-refractivity contribution in [1.82, 2.24) is 48.5 Å². The summed E-state index contributed by atoms with van der Waals surface area (Å²) in [7, 11) is 0. The minimum atomic E-state index is -1.29. The molecule has 73 heavy (non-hydrogen) atoms. The first-order chi connectivity index (χ1) is 34.9. The molecule has 0 spiro atoms. The number of nitrogens with zero attached hydrogens (tertiary/aromatic N) is 12. The average Bonchev–Trinajstić information content (AvgIpc) is 4.30. The average molecular weight is 1010 g/mol. The molecule has 21 heteroatoms. The van der Waals surface area contributed by atoms with Crippen molar-refractivity contribution in [2.75, 3.05) is 62.2 Å². The fourth-order valence-corrected chi connectivity index (χ4v) is 9.82. The van der Waals surface area contributed by atoms with Gasteiger partial charge in [0.15, 0.2) is 0 Å². The van der Waals surface area contributed by atoms with Crippen LogP contribution in [0.3, 0.4) is 0 Å². The largest absolute Gasteiger partial charge is 0.477 e. The van der Waals surface area contributed by atoms with E-state index in [1.807, 2.05) is 43.2 Å². The molecule has 6 heterocycles. The maximum atomic E-state index is 15.2. The summed E-state index contributed by atoms with van der Waals surface area (Å²) in [5.41, 5.74) is 4.47. The second kappa shape index (κ2) is 20.4. The van der Waals surface area contributed by atoms with Gasteiger partial charge >= 0.3 is 11.9 Å². The number of benzene rings is 4. The molecule has 12 rings (SSSR count). The molecule has 4 aromatic heterocycles. The Labute approximate surface area is 422 Å². The molecule has 4 aliphatic rings. The van der Waals surface area contributed by atoms with Crippen LogP contribution in [0.5, 0.6) is 0 Å². The minimum Gasteiger partial charge on any atom is -0.477 e. The number of fused-ring (bicyclic) bond motifs is 2. The maximum absolute atomic E-state index is 15.2. The second-order valence-corrected chi connectivity index (χ2v) is 18.8. The summed E-state index contributed by atoms with van der Waals surface area (Å²) in [4.78, 5) is 65.2. The minimum absolute atomic E-state index is 0. The van der Waals surface area contributed by atoms with Crippen LogP contribution in [0, 0.1) is 11.6 Å². The van der Waals surface area contributed by atoms with Crippen LogP contribution in [0.4, 0.5) is 20.2 Å². The van der Waals surface area contributed by atoms with E-state index < -0.39 is 34.4 Å². The Hall–Kier alpha value is -7.81. The number of carboxylic acids is 2. The third-order valence-electron chi connectivity index (χ3n) is 14.0. The number of aromatic carboxylic acids is 2. The summed E-state index contributed by atoms with van der Waals surface area (Å²) < 4.78 is 37.5. The molecule has 2 N–H and O–H groups in total. The zero-order chi connectivity index (χ0) is 49.6. The molecule has 2 saturated heterocycles. The third-order valence-corrected chi connectivity index (χ3v) is 14.0. The van der Waals surface area contributed by atoms with Gasteiger partial charge in [-0.1, -0.05) is 24.3 Å². The lowest BCUT2D eigenvalue weighted by molar-refractivity contribution is 0.0684. The molecule has 4 aromatic carbocycles. The number of pyridine rings is 2. The van der Waals surface area contributed by atoms with Gasteiger partial charge in [-0.05, 0) is 85.3 Å². The zero-order valence-corrected chi connectivity index (χ0v) is 40.3. The molecule has 0 unspecified atom stereocenters. The number of hydrogen-bond donors (Lipinski definition) is 2. The van der Waals surface area contributed by atoms with Crippen LogP contribution >= 0.6 is 12.4 Å². The van der Waals surface area contributed by atoms with E-state index in [4.69, 9.17) is 0 Å². The number of aromatic nitrogens is 8. The molecule has 0 radical (unpaired) electrons. The van der Waals surface area contributed by atoms with Crippen molar-refractivity contribution in [3.63, 3.8) is 0 Å². The van der Waals surface area contributed by atoms with Crippen LogP contribution in [-0.4, -0.2) is 123 Å². The van der Waals surface area contributed by atoms with Crippen molar-refractivity contribution >= 4 is 57.5 Å². The first kappa shape index (κ1) is 48.8.